The second kappa shape index (κ2) is 4.90. The van der Waals surface area contributed by atoms with E-state index in [1.165, 1.54) is 11.1 Å². The number of thiophene rings is 1. The van der Waals surface area contributed by atoms with Gasteiger partial charge >= 0.3 is 0 Å². The van der Waals surface area contributed by atoms with Gasteiger partial charge in [-0.25, -0.2) is 0 Å². The zero-order valence-electron chi connectivity index (χ0n) is 10.1. The first kappa shape index (κ1) is 12.1. The molecule has 0 amide bonds. The molecule has 0 saturated heterocycles. The molecule has 0 aliphatic rings. The van der Waals surface area contributed by atoms with Crippen molar-refractivity contribution in [2.75, 3.05) is 7.11 Å². The van der Waals surface area contributed by atoms with Gasteiger partial charge in [0.05, 0.1) is 7.11 Å². The molecule has 0 aliphatic carbocycles. The Morgan fingerprint density at radius 2 is 1.94 bits per heavy atom. The molecule has 1 atom stereocenters. The number of ether oxygens (including phenoxy) is 1. The number of hydrogen-bond acceptors (Lipinski definition) is 3. The molecule has 0 bridgehead atoms. The van der Waals surface area contributed by atoms with E-state index in [1.807, 2.05) is 12.1 Å². The van der Waals surface area contributed by atoms with E-state index in [9.17, 15) is 0 Å². The Morgan fingerprint density at radius 1 is 1.24 bits per heavy atom. The van der Waals surface area contributed by atoms with Crippen molar-refractivity contribution in [3.05, 3.63) is 52.2 Å². The fourth-order valence-electron chi connectivity index (χ4n) is 1.86. The molecular formula is C14H17NOS. The van der Waals surface area contributed by atoms with E-state index in [0.29, 0.717) is 0 Å². The molecule has 0 saturated carbocycles. The summed E-state index contributed by atoms with van der Waals surface area (Å²) in [6.45, 7) is 2.07. The Balaban J connectivity index is 2.14. The summed E-state index contributed by atoms with van der Waals surface area (Å²) in [4.78, 5) is 0. The lowest BCUT2D eigenvalue weighted by atomic mass is 9.88. The quantitative estimate of drug-likeness (QED) is 0.900. The minimum absolute atomic E-state index is 0.311. The molecule has 1 aromatic heterocycles. The van der Waals surface area contributed by atoms with Gasteiger partial charge in [-0.2, -0.15) is 11.3 Å². The van der Waals surface area contributed by atoms with Crippen molar-refractivity contribution in [3.8, 4) is 5.75 Å². The van der Waals surface area contributed by atoms with Crippen LogP contribution in [-0.4, -0.2) is 7.11 Å². The van der Waals surface area contributed by atoms with Crippen LogP contribution in [0.2, 0.25) is 0 Å². The fourth-order valence-corrected chi connectivity index (χ4v) is 2.66. The predicted octanol–water partition coefficient (Wildman–Crippen LogP) is 3.17. The lowest BCUT2D eigenvalue weighted by Gasteiger charge is -2.24. The van der Waals surface area contributed by atoms with Crippen molar-refractivity contribution < 1.29 is 4.74 Å². The van der Waals surface area contributed by atoms with E-state index in [2.05, 4.69) is 35.9 Å². The Labute approximate surface area is 106 Å². The molecule has 0 fully saturated rings. The van der Waals surface area contributed by atoms with Crippen LogP contribution >= 0.6 is 11.3 Å². The van der Waals surface area contributed by atoms with Crippen LogP contribution in [-0.2, 0) is 12.0 Å². The molecule has 0 aliphatic heterocycles. The highest BCUT2D eigenvalue weighted by Crippen LogP contribution is 2.25. The first-order valence-corrected chi connectivity index (χ1v) is 6.50. The van der Waals surface area contributed by atoms with Gasteiger partial charge in [0.1, 0.15) is 5.75 Å². The Hall–Kier alpha value is -1.32. The van der Waals surface area contributed by atoms with Gasteiger partial charge < -0.3 is 10.5 Å². The summed E-state index contributed by atoms with van der Waals surface area (Å²) < 4.78 is 5.14. The monoisotopic (exact) mass is 247 g/mol. The SMILES string of the molecule is COc1ccc(CC(C)(N)c2ccsc2)cc1. The summed E-state index contributed by atoms with van der Waals surface area (Å²) in [5, 5.41) is 4.18. The molecule has 0 spiro atoms. The van der Waals surface area contributed by atoms with Crippen LogP contribution in [0.5, 0.6) is 5.75 Å². The summed E-state index contributed by atoms with van der Waals surface area (Å²) in [6, 6.07) is 10.2. The number of rotatable bonds is 4. The van der Waals surface area contributed by atoms with E-state index in [-0.39, 0.29) is 5.54 Å². The molecule has 2 rings (SSSR count). The van der Waals surface area contributed by atoms with Gasteiger partial charge in [0.15, 0.2) is 0 Å². The highest BCUT2D eigenvalue weighted by Gasteiger charge is 2.21. The van der Waals surface area contributed by atoms with Crippen LogP contribution in [0.25, 0.3) is 0 Å². The van der Waals surface area contributed by atoms with E-state index in [1.54, 1.807) is 18.4 Å². The van der Waals surface area contributed by atoms with E-state index in [4.69, 9.17) is 10.5 Å². The van der Waals surface area contributed by atoms with Gasteiger partial charge in [0.25, 0.3) is 0 Å². The number of hydrogen-bond donors (Lipinski definition) is 1. The zero-order valence-corrected chi connectivity index (χ0v) is 11.0. The molecular weight excluding hydrogens is 230 g/mol. The molecule has 1 aromatic carbocycles. The van der Waals surface area contributed by atoms with Crippen LogP contribution in [0, 0.1) is 0 Å². The summed E-state index contributed by atoms with van der Waals surface area (Å²) >= 11 is 1.68. The third-order valence-corrected chi connectivity index (χ3v) is 3.59. The molecule has 1 heterocycles. The van der Waals surface area contributed by atoms with Crippen molar-refractivity contribution in [1.29, 1.82) is 0 Å². The smallest absolute Gasteiger partial charge is 0.118 e. The maximum atomic E-state index is 6.36. The Kier molecular flexibility index (Phi) is 3.50. The van der Waals surface area contributed by atoms with Crippen LogP contribution in [0.3, 0.4) is 0 Å². The summed E-state index contributed by atoms with van der Waals surface area (Å²) in [5.41, 5.74) is 8.47. The third-order valence-electron chi connectivity index (χ3n) is 2.91. The Bertz CT molecular complexity index is 459. The largest absolute Gasteiger partial charge is 0.497 e. The first-order chi connectivity index (χ1) is 8.12. The lowest BCUT2D eigenvalue weighted by molar-refractivity contribution is 0.414. The maximum absolute atomic E-state index is 6.36. The Morgan fingerprint density at radius 3 is 2.47 bits per heavy atom. The van der Waals surface area contributed by atoms with E-state index >= 15 is 0 Å². The molecule has 90 valence electrons. The maximum Gasteiger partial charge on any atom is 0.118 e. The highest BCUT2D eigenvalue weighted by molar-refractivity contribution is 7.08. The average Bonchev–Trinajstić information content (AvgIpc) is 2.84. The van der Waals surface area contributed by atoms with Crippen LogP contribution in [0.15, 0.2) is 41.1 Å². The molecule has 2 nitrogen and oxygen atoms in total. The van der Waals surface area contributed by atoms with Crippen molar-refractivity contribution in [3.63, 3.8) is 0 Å². The molecule has 17 heavy (non-hydrogen) atoms. The van der Waals surface area contributed by atoms with Gasteiger partial charge in [-0.15, -0.1) is 0 Å². The van der Waals surface area contributed by atoms with Crippen molar-refractivity contribution >= 4 is 11.3 Å². The lowest BCUT2D eigenvalue weighted by Crippen LogP contribution is -2.34. The van der Waals surface area contributed by atoms with E-state index in [0.717, 1.165) is 12.2 Å². The van der Waals surface area contributed by atoms with Gasteiger partial charge in [0.2, 0.25) is 0 Å². The fraction of sp³-hybridized carbons (Fsp3) is 0.286. The van der Waals surface area contributed by atoms with E-state index < -0.39 is 0 Å². The molecule has 1 unspecified atom stereocenters. The summed E-state index contributed by atoms with van der Waals surface area (Å²) in [5.74, 6) is 0.878. The average molecular weight is 247 g/mol. The highest BCUT2D eigenvalue weighted by atomic mass is 32.1. The second-order valence-corrected chi connectivity index (χ2v) is 5.23. The molecule has 0 radical (unpaired) electrons. The van der Waals surface area contributed by atoms with Crippen LogP contribution < -0.4 is 10.5 Å². The predicted molar refractivity (Wildman–Crippen MR) is 72.6 cm³/mol. The number of methoxy groups -OCH3 is 1. The molecule has 2 N–H and O–H groups in total. The van der Waals surface area contributed by atoms with Gasteiger partial charge in [-0.1, -0.05) is 12.1 Å². The number of benzene rings is 1. The first-order valence-electron chi connectivity index (χ1n) is 5.56. The van der Waals surface area contributed by atoms with Gasteiger partial charge in [-0.3, -0.25) is 0 Å². The number of nitrogens with two attached hydrogens (primary N) is 1. The topological polar surface area (TPSA) is 35.2 Å². The van der Waals surface area contributed by atoms with Crippen LogP contribution in [0.4, 0.5) is 0 Å². The van der Waals surface area contributed by atoms with Gasteiger partial charge in [0, 0.05) is 5.54 Å². The summed E-state index contributed by atoms with van der Waals surface area (Å²) in [7, 11) is 1.67. The third kappa shape index (κ3) is 2.87. The molecule has 3 heteroatoms. The zero-order chi connectivity index (χ0) is 12.3. The summed E-state index contributed by atoms with van der Waals surface area (Å²) in [6.07, 6.45) is 0.827. The molecule has 2 aromatic rings. The van der Waals surface area contributed by atoms with Crippen molar-refractivity contribution in [2.45, 2.75) is 18.9 Å². The minimum atomic E-state index is -0.311. The van der Waals surface area contributed by atoms with Crippen LogP contribution in [0.1, 0.15) is 18.1 Å². The van der Waals surface area contributed by atoms with Gasteiger partial charge in [-0.05, 0) is 53.4 Å². The standard InChI is InChI=1S/C14H17NOS/c1-14(15,12-7-8-17-10-12)9-11-3-5-13(16-2)6-4-11/h3-8,10H,9,15H2,1-2H3. The minimum Gasteiger partial charge on any atom is -0.497 e. The second-order valence-electron chi connectivity index (χ2n) is 4.45. The normalized spacial score (nSPS) is 14.3. The van der Waals surface area contributed by atoms with Crippen molar-refractivity contribution in [2.24, 2.45) is 5.73 Å². The van der Waals surface area contributed by atoms with Crippen molar-refractivity contribution in [1.82, 2.24) is 0 Å².